The van der Waals surface area contributed by atoms with Gasteiger partial charge in [0.15, 0.2) is 4.34 Å². The maximum atomic E-state index is 12.2. The van der Waals surface area contributed by atoms with E-state index in [0.717, 1.165) is 34.6 Å². The van der Waals surface area contributed by atoms with Crippen LogP contribution in [0, 0.1) is 6.92 Å². The molecule has 7 nitrogen and oxygen atoms in total. The number of morpholine rings is 1. The van der Waals surface area contributed by atoms with Crippen LogP contribution in [0.5, 0.6) is 0 Å². The summed E-state index contributed by atoms with van der Waals surface area (Å²) in [5, 5.41) is 5.50. The highest BCUT2D eigenvalue weighted by atomic mass is 35.5. The number of aromatic nitrogens is 1. The lowest BCUT2D eigenvalue weighted by atomic mass is 10.1. The molecule has 2 aromatic rings. The van der Waals surface area contributed by atoms with Gasteiger partial charge in [-0.3, -0.25) is 14.5 Å². The van der Waals surface area contributed by atoms with Gasteiger partial charge in [0.2, 0.25) is 11.8 Å². The number of thioether (sulfide) groups is 1. The summed E-state index contributed by atoms with van der Waals surface area (Å²) in [6.07, 6.45) is 0.0729. The first-order chi connectivity index (χ1) is 14.4. The average molecular weight is 469 g/mol. The Morgan fingerprint density at radius 3 is 3.07 bits per heavy atom. The van der Waals surface area contributed by atoms with Gasteiger partial charge in [-0.1, -0.05) is 35.5 Å². The number of hydrogen-bond donors (Lipinski definition) is 2. The number of primary amides is 1. The topological polar surface area (TPSA) is 97.6 Å². The summed E-state index contributed by atoms with van der Waals surface area (Å²) >= 11 is 8.98. The van der Waals surface area contributed by atoms with Crippen LogP contribution in [0.4, 0.5) is 0 Å². The van der Waals surface area contributed by atoms with Crippen molar-refractivity contribution in [1.29, 1.82) is 0 Å². The fraction of sp³-hybridized carbons (Fsp3) is 0.450. The maximum absolute atomic E-state index is 12.2. The lowest BCUT2D eigenvalue weighted by molar-refractivity contribution is -0.120. The van der Waals surface area contributed by atoms with Gasteiger partial charge in [0.1, 0.15) is 0 Å². The van der Waals surface area contributed by atoms with Gasteiger partial charge in [-0.2, -0.15) is 0 Å². The number of amides is 2. The van der Waals surface area contributed by atoms with E-state index < -0.39 is 5.91 Å². The summed E-state index contributed by atoms with van der Waals surface area (Å²) in [6.45, 7) is 5.51. The van der Waals surface area contributed by atoms with Crippen LogP contribution in [-0.2, 0) is 27.3 Å². The Kier molecular flexibility index (Phi) is 8.52. The van der Waals surface area contributed by atoms with Crippen molar-refractivity contribution in [3.8, 4) is 0 Å². The number of rotatable bonds is 9. The summed E-state index contributed by atoms with van der Waals surface area (Å²) in [4.78, 5) is 29.7. The van der Waals surface area contributed by atoms with Gasteiger partial charge < -0.3 is 15.8 Å². The molecule has 162 valence electrons. The predicted octanol–water partition coefficient (Wildman–Crippen LogP) is 2.24. The molecule has 3 rings (SSSR count). The van der Waals surface area contributed by atoms with Gasteiger partial charge in [0.25, 0.3) is 0 Å². The van der Waals surface area contributed by atoms with E-state index in [1.54, 1.807) is 5.38 Å². The van der Waals surface area contributed by atoms with E-state index in [9.17, 15) is 9.59 Å². The first kappa shape index (κ1) is 23.0. The standard InChI is InChI=1S/C20H25ClN4O3S2/c1-13-2-3-14(6-17(13)21)9-25-4-5-28-16(10-25)8-23-19(27)12-30-20-24-15(11-29-20)7-18(22)26/h2-3,6,11,16H,4-5,7-10,12H2,1H3,(H2,22,26)(H,23,27). The molecule has 2 heterocycles. The summed E-state index contributed by atoms with van der Waals surface area (Å²) < 4.78 is 6.55. The van der Waals surface area contributed by atoms with Gasteiger partial charge in [-0.05, 0) is 24.1 Å². The summed E-state index contributed by atoms with van der Waals surface area (Å²) in [5.74, 6) is -0.221. The lowest BCUT2D eigenvalue weighted by Crippen LogP contribution is -2.47. The van der Waals surface area contributed by atoms with E-state index in [0.29, 0.717) is 18.8 Å². The number of hydrogen-bond acceptors (Lipinski definition) is 7. The molecule has 0 spiro atoms. The lowest BCUT2D eigenvalue weighted by Gasteiger charge is -2.33. The third-order valence-electron chi connectivity index (χ3n) is 4.60. The molecule has 10 heteroatoms. The van der Waals surface area contributed by atoms with Gasteiger partial charge in [-0.25, -0.2) is 4.98 Å². The van der Waals surface area contributed by atoms with Crippen molar-refractivity contribution in [3.05, 3.63) is 45.4 Å². The zero-order chi connectivity index (χ0) is 21.5. The average Bonchev–Trinajstić information content (AvgIpc) is 3.14. The molecular weight excluding hydrogens is 444 g/mol. The Labute approximate surface area is 189 Å². The van der Waals surface area contributed by atoms with Crippen molar-refractivity contribution in [2.75, 3.05) is 32.0 Å². The first-order valence-corrected chi connectivity index (χ1v) is 11.8. The number of aryl methyl sites for hydroxylation is 1. The largest absolute Gasteiger partial charge is 0.374 e. The fourth-order valence-corrected chi connectivity index (χ4v) is 4.94. The van der Waals surface area contributed by atoms with Crippen LogP contribution in [0.1, 0.15) is 16.8 Å². The first-order valence-electron chi connectivity index (χ1n) is 9.60. The fourth-order valence-electron chi connectivity index (χ4n) is 3.06. The minimum Gasteiger partial charge on any atom is -0.374 e. The highest BCUT2D eigenvalue weighted by Gasteiger charge is 2.21. The van der Waals surface area contributed by atoms with Crippen LogP contribution in [-0.4, -0.2) is 59.8 Å². The molecule has 0 radical (unpaired) electrons. The number of nitrogens with two attached hydrogens (primary N) is 1. The summed E-state index contributed by atoms with van der Waals surface area (Å²) in [5.41, 5.74) is 8.05. The molecular formula is C20H25ClN4O3S2. The number of nitrogens with one attached hydrogen (secondary N) is 1. The molecule has 1 atom stereocenters. The molecule has 1 aliphatic rings. The van der Waals surface area contributed by atoms with E-state index >= 15 is 0 Å². The van der Waals surface area contributed by atoms with Crippen molar-refractivity contribution in [2.45, 2.75) is 30.3 Å². The molecule has 0 bridgehead atoms. The molecule has 1 unspecified atom stereocenters. The van der Waals surface area contributed by atoms with Crippen molar-refractivity contribution in [2.24, 2.45) is 5.73 Å². The van der Waals surface area contributed by atoms with Crippen molar-refractivity contribution in [3.63, 3.8) is 0 Å². The second-order valence-corrected chi connectivity index (χ2v) is 9.64. The van der Waals surface area contributed by atoms with Crippen LogP contribution in [0.3, 0.4) is 0 Å². The molecule has 1 aliphatic heterocycles. The molecule has 1 aromatic carbocycles. The highest BCUT2D eigenvalue weighted by molar-refractivity contribution is 8.01. The van der Waals surface area contributed by atoms with Crippen LogP contribution >= 0.6 is 34.7 Å². The normalized spacial score (nSPS) is 17.1. The molecule has 0 saturated carbocycles. The second-order valence-electron chi connectivity index (χ2n) is 7.15. The van der Waals surface area contributed by atoms with Gasteiger partial charge in [0, 0.05) is 36.6 Å². The number of ether oxygens (including phenoxy) is 1. The third-order valence-corrected chi connectivity index (χ3v) is 7.08. The summed E-state index contributed by atoms with van der Waals surface area (Å²) in [7, 11) is 0. The molecule has 30 heavy (non-hydrogen) atoms. The van der Waals surface area contributed by atoms with Crippen LogP contribution in [0.25, 0.3) is 0 Å². The third kappa shape index (κ3) is 7.24. The Hall–Kier alpha value is -1.65. The minimum absolute atomic E-state index is 0.0457. The molecule has 1 aromatic heterocycles. The predicted molar refractivity (Wildman–Crippen MR) is 120 cm³/mol. The summed E-state index contributed by atoms with van der Waals surface area (Å²) in [6, 6.07) is 6.14. The van der Waals surface area contributed by atoms with Crippen molar-refractivity contribution < 1.29 is 14.3 Å². The van der Waals surface area contributed by atoms with E-state index in [-0.39, 0.29) is 24.2 Å². The highest BCUT2D eigenvalue weighted by Crippen LogP contribution is 2.22. The zero-order valence-electron chi connectivity index (χ0n) is 16.7. The SMILES string of the molecule is Cc1ccc(CN2CCOC(CNC(=O)CSc3nc(CC(N)=O)cs3)C2)cc1Cl. The monoisotopic (exact) mass is 468 g/mol. The number of halogens is 1. The number of nitrogens with zero attached hydrogens (tertiary/aromatic N) is 2. The quantitative estimate of drug-likeness (QED) is 0.548. The Bertz CT molecular complexity index is 893. The molecule has 1 saturated heterocycles. The van der Waals surface area contributed by atoms with Crippen LogP contribution in [0.15, 0.2) is 27.9 Å². The second kappa shape index (κ2) is 11.1. The van der Waals surface area contributed by atoms with Gasteiger partial charge >= 0.3 is 0 Å². The Balaban J connectivity index is 1.39. The number of carbonyl (C=O) groups is 2. The smallest absolute Gasteiger partial charge is 0.230 e. The van der Waals surface area contributed by atoms with E-state index in [1.165, 1.54) is 28.7 Å². The van der Waals surface area contributed by atoms with Crippen molar-refractivity contribution in [1.82, 2.24) is 15.2 Å². The van der Waals surface area contributed by atoms with E-state index in [2.05, 4.69) is 21.3 Å². The minimum atomic E-state index is -0.415. The molecule has 0 aliphatic carbocycles. The van der Waals surface area contributed by atoms with Crippen molar-refractivity contribution >= 4 is 46.5 Å². The zero-order valence-corrected chi connectivity index (χ0v) is 19.1. The molecule has 3 N–H and O–H groups in total. The molecule has 1 fully saturated rings. The maximum Gasteiger partial charge on any atom is 0.230 e. The van der Waals surface area contributed by atoms with E-state index in [1.807, 2.05) is 19.1 Å². The van der Waals surface area contributed by atoms with Gasteiger partial charge in [0.05, 0.1) is 30.6 Å². The number of benzene rings is 1. The van der Waals surface area contributed by atoms with E-state index in [4.69, 9.17) is 22.1 Å². The Morgan fingerprint density at radius 2 is 2.30 bits per heavy atom. The molecule has 2 amide bonds. The number of thiazole rings is 1. The number of carbonyl (C=O) groups excluding carboxylic acids is 2. The van der Waals surface area contributed by atoms with Crippen LogP contribution < -0.4 is 11.1 Å². The Morgan fingerprint density at radius 1 is 1.47 bits per heavy atom. The van der Waals surface area contributed by atoms with Crippen LogP contribution in [0.2, 0.25) is 5.02 Å². The van der Waals surface area contributed by atoms with Gasteiger partial charge in [-0.15, -0.1) is 11.3 Å².